The molecule has 0 amide bonds. The molecule has 0 aliphatic carbocycles. The highest BCUT2D eigenvalue weighted by atomic mass is 79.9. The van der Waals surface area contributed by atoms with Crippen LogP contribution in [0, 0.1) is 0 Å². The molecule has 2 N–H and O–H groups in total. The third-order valence-corrected chi connectivity index (χ3v) is 2.71. The van der Waals surface area contributed by atoms with Gasteiger partial charge in [0.1, 0.15) is 0 Å². The molecule has 84 valence electrons. The average molecular weight is 284 g/mol. The Morgan fingerprint density at radius 2 is 2.31 bits per heavy atom. The van der Waals surface area contributed by atoms with Crippen molar-refractivity contribution in [3.63, 3.8) is 0 Å². The van der Waals surface area contributed by atoms with Crippen LogP contribution in [0.25, 0.3) is 10.9 Å². The molecule has 0 aliphatic heterocycles. The van der Waals surface area contributed by atoms with Gasteiger partial charge >= 0.3 is 5.97 Å². The molecule has 16 heavy (non-hydrogen) atoms. The van der Waals surface area contributed by atoms with E-state index >= 15 is 0 Å². The van der Waals surface area contributed by atoms with Crippen LogP contribution in [0.1, 0.15) is 17.4 Å². The predicted octanol–water partition coefficient (Wildman–Crippen LogP) is 2.81. The molecule has 1 aromatic carbocycles. The highest BCUT2D eigenvalue weighted by Crippen LogP contribution is 2.31. The molecule has 0 fully saturated rings. The molecule has 1 aromatic heterocycles. The number of esters is 1. The second-order valence-electron chi connectivity index (χ2n) is 3.26. The van der Waals surface area contributed by atoms with Crippen LogP contribution in [0.3, 0.4) is 0 Å². The van der Waals surface area contributed by atoms with Crippen LogP contribution in [-0.4, -0.2) is 22.7 Å². The Labute approximate surface area is 100 Å². The van der Waals surface area contributed by atoms with E-state index in [4.69, 9.17) is 4.74 Å². The van der Waals surface area contributed by atoms with Gasteiger partial charge in [0.25, 0.3) is 0 Å². The first-order valence-corrected chi connectivity index (χ1v) is 5.60. The smallest absolute Gasteiger partial charge is 0.358 e. The molecule has 0 atom stereocenters. The van der Waals surface area contributed by atoms with E-state index in [1.54, 1.807) is 25.1 Å². The maximum atomic E-state index is 11.5. The van der Waals surface area contributed by atoms with Crippen LogP contribution in [-0.2, 0) is 4.74 Å². The van der Waals surface area contributed by atoms with E-state index in [1.807, 2.05) is 0 Å². The molecule has 5 heteroatoms. The zero-order valence-corrected chi connectivity index (χ0v) is 10.2. The number of ether oxygens (including phenoxy) is 1. The van der Waals surface area contributed by atoms with Crippen LogP contribution in [0.5, 0.6) is 5.75 Å². The number of nitrogens with one attached hydrogen (secondary N) is 1. The molecular weight excluding hydrogens is 274 g/mol. The minimum absolute atomic E-state index is 0.0686. The van der Waals surface area contributed by atoms with Crippen molar-refractivity contribution in [2.24, 2.45) is 0 Å². The number of aromatic amines is 1. The van der Waals surface area contributed by atoms with Crippen LogP contribution in [0.2, 0.25) is 0 Å². The van der Waals surface area contributed by atoms with Gasteiger partial charge in [0, 0.05) is 9.86 Å². The Hall–Kier alpha value is -1.49. The highest BCUT2D eigenvalue weighted by molar-refractivity contribution is 9.10. The Morgan fingerprint density at radius 3 is 3.00 bits per heavy atom. The summed E-state index contributed by atoms with van der Waals surface area (Å²) < 4.78 is 5.70. The van der Waals surface area contributed by atoms with E-state index in [0.29, 0.717) is 10.9 Å². The lowest BCUT2D eigenvalue weighted by atomic mass is 10.2. The number of carbonyl (C=O) groups is 1. The quantitative estimate of drug-likeness (QED) is 0.833. The zero-order valence-electron chi connectivity index (χ0n) is 8.58. The fraction of sp³-hybridized carbons (Fsp3) is 0.182. The lowest BCUT2D eigenvalue weighted by molar-refractivity contribution is 0.0517. The van der Waals surface area contributed by atoms with Crippen LogP contribution >= 0.6 is 15.9 Å². The first-order valence-electron chi connectivity index (χ1n) is 4.80. The van der Waals surface area contributed by atoms with E-state index in [0.717, 1.165) is 4.47 Å². The molecule has 0 radical (unpaired) electrons. The van der Waals surface area contributed by atoms with Gasteiger partial charge in [0.15, 0.2) is 11.4 Å². The monoisotopic (exact) mass is 283 g/mol. The summed E-state index contributed by atoms with van der Waals surface area (Å²) in [5, 5.41) is 10.4. The van der Waals surface area contributed by atoms with Gasteiger partial charge in [-0.25, -0.2) is 4.79 Å². The fourth-order valence-electron chi connectivity index (χ4n) is 1.51. The van der Waals surface area contributed by atoms with Gasteiger partial charge in [-0.2, -0.15) is 0 Å². The molecule has 0 aliphatic rings. The summed E-state index contributed by atoms with van der Waals surface area (Å²) in [7, 11) is 0. The van der Waals surface area contributed by atoms with Crippen molar-refractivity contribution in [2.75, 3.05) is 6.61 Å². The molecule has 2 rings (SSSR count). The average Bonchev–Trinajstić information content (AvgIpc) is 2.56. The minimum Gasteiger partial charge on any atom is -0.505 e. The van der Waals surface area contributed by atoms with Crippen molar-refractivity contribution in [3.8, 4) is 5.75 Å². The Bertz CT molecular complexity index is 547. The van der Waals surface area contributed by atoms with E-state index in [2.05, 4.69) is 20.9 Å². The van der Waals surface area contributed by atoms with Crippen molar-refractivity contribution in [1.82, 2.24) is 4.98 Å². The van der Waals surface area contributed by atoms with E-state index in [9.17, 15) is 9.90 Å². The van der Waals surface area contributed by atoms with Gasteiger partial charge in [-0.3, -0.25) is 0 Å². The maximum absolute atomic E-state index is 11.5. The summed E-state index contributed by atoms with van der Waals surface area (Å²) in [5.41, 5.74) is 0.782. The zero-order chi connectivity index (χ0) is 11.7. The topological polar surface area (TPSA) is 62.3 Å². The van der Waals surface area contributed by atoms with Gasteiger partial charge in [-0.1, -0.05) is 15.9 Å². The van der Waals surface area contributed by atoms with Crippen molar-refractivity contribution in [2.45, 2.75) is 6.92 Å². The van der Waals surface area contributed by atoms with Crippen LogP contribution < -0.4 is 0 Å². The van der Waals surface area contributed by atoms with Crippen molar-refractivity contribution in [1.29, 1.82) is 0 Å². The number of carbonyl (C=O) groups excluding carboxylic acids is 1. The largest absolute Gasteiger partial charge is 0.505 e. The second kappa shape index (κ2) is 4.17. The van der Waals surface area contributed by atoms with Crippen LogP contribution in [0.15, 0.2) is 22.7 Å². The summed E-state index contributed by atoms with van der Waals surface area (Å²) in [6.07, 6.45) is 0. The molecule has 4 nitrogen and oxygen atoms in total. The first-order chi connectivity index (χ1) is 7.63. The van der Waals surface area contributed by atoms with Gasteiger partial charge in [0.2, 0.25) is 0 Å². The minimum atomic E-state index is -0.549. The number of halogens is 1. The van der Waals surface area contributed by atoms with E-state index in [1.165, 1.54) is 0 Å². The van der Waals surface area contributed by atoms with Crippen molar-refractivity contribution >= 4 is 32.8 Å². The summed E-state index contributed by atoms with van der Waals surface area (Å²) in [4.78, 5) is 14.3. The lowest BCUT2D eigenvalue weighted by Crippen LogP contribution is -2.04. The molecule has 2 aromatic rings. The molecule has 0 saturated heterocycles. The maximum Gasteiger partial charge on any atom is 0.358 e. The summed E-state index contributed by atoms with van der Waals surface area (Å²) in [6, 6.07) is 5.32. The Balaban J connectivity index is 2.55. The number of aromatic nitrogens is 1. The highest BCUT2D eigenvalue weighted by Gasteiger charge is 2.17. The normalized spacial score (nSPS) is 10.6. The molecule has 1 heterocycles. The SMILES string of the molecule is CCOC(=O)c1[nH]c2cc(Br)ccc2c1O. The number of H-pyrrole nitrogens is 1. The molecule has 0 saturated carbocycles. The number of rotatable bonds is 2. The predicted molar refractivity (Wildman–Crippen MR) is 63.6 cm³/mol. The van der Waals surface area contributed by atoms with Gasteiger partial charge in [-0.15, -0.1) is 0 Å². The van der Waals surface area contributed by atoms with Crippen molar-refractivity contribution < 1.29 is 14.6 Å². The summed E-state index contributed by atoms with van der Waals surface area (Å²) in [6.45, 7) is 1.99. The Kier molecular flexibility index (Phi) is 2.87. The number of hydrogen-bond acceptors (Lipinski definition) is 3. The third kappa shape index (κ3) is 1.78. The molecule has 0 spiro atoms. The first kappa shape index (κ1) is 11.0. The number of aromatic hydroxyl groups is 1. The van der Waals surface area contributed by atoms with E-state index < -0.39 is 5.97 Å². The van der Waals surface area contributed by atoms with Crippen LogP contribution in [0.4, 0.5) is 0 Å². The van der Waals surface area contributed by atoms with E-state index in [-0.39, 0.29) is 18.1 Å². The fourth-order valence-corrected chi connectivity index (χ4v) is 1.87. The third-order valence-electron chi connectivity index (χ3n) is 2.21. The number of benzene rings is 1. The van der Waals surface area contributed by atoms with Gasteiger partial charge in [0.05, 0.1) is 12.1 Å². The van der Waals surface area contributed by atoms with Crippen molar-refractivity contribution in [3.05, 3.63) is 28.4 Å². The van der Waals surface area contributed by atoms with Gasteiger partial charge < -0.3 is 14.8 Å². The lowest BCUT2D eigenvalue weighted by Gasteiger charge is -1.98. The summed E-state index contributed by atoms with van der Waals surface area (Å²) in [5.74, 6) is -0.617. The standard InChI is InChI=1S/C11H10BrNO3/c1-2-16-11(15)9-10(14)7-4-3-6(12)5-8(7)13-9/h3-5,13-14H,2H2,1H3. The van der Waals surface area contributed by atoms with Gasteiger partial charge in [-0.05, 0) is 25.1 Å². The number of hydrogen-bond donors (Lipinski definition) is 2. The second-order valence-corrected chi connectivity index (χ2v) is 4.17. The molecule has 0 unspecified atom stereocenters. The number of fused-ring (bicyclic) bond motifs is 1. The molecule has 0 bridgehead atoms. The molecular formula is C11H10BrNO3. The Morgan fingerprint density at radius 1 is 1.56 bits per heavy atom. The summed E-state index contributed by atoms with van der Waals surface area (Å²) >= 11 is 3.32.